The SMILES string of the molecule is COc1cccc(C(=O)C[n+]2cc(-c3cccc(OC)c3)n(C)c2N)c1.[Br-]. The molecule has 3 aromatic rings. The summed E-state index contributed by atoms with van der Waals surface area (Å²) in [5.74, 6) is 1.88. The molecule has 2 aromatic carbocycles. The van der Waals surface area contributed by atoms with Crippen LogP contribution in [0.25, 0.3) is 11.3 Å². The van der Waals surface area contributed by atoms with Gasteiger partial charge in [-0.1, -0.05) is 24.3 Å². The van der Waals surface area contributed by atoms with Gasteiger partial charge in [0.1, 0.15) is 29.9 Å². The first-order valence-electron chi connectivity index (χ1n) is 8.19. The van der Waals surface area contributed by atoms with E-state index in [2.05, 4.69) is 0 Å². The minimum Gasteiger partial charge on any atom is -1.00 e. The van der Waals surface area contributed by atoms with Gasteiger partial charge in [0, 0.05) is 11.1 Å². The van der Waals surface area contributed by atoms with Gasteiger partial charge in [-0.2, -0.15) is 0 Å². The summed E-state index contributed by atoms with van der Waals surface area (Å²) >= 11 is 0. The number of carbonyl (C=O) groups is 1. The Hall–Kier alpha value is -2.80. The first kappa shape index (κ1) is 20.5. The molecule has 0 aliphatic rings. The number of methoxy groups -OCH3 is 2. The fourth-order valence-corrected chi connectivity index (χ4v) is 2.84. The lowest BCUT2D eigenvalue weighted by molar-refractivity contribution is -0.667. The molecule has 1 aromatic heterocycles. The van der Waals surface area contributed by atoms with Crippen LogP contribution >= 0.6 is 0 Å². The molecule has 0 spiro atoms. The molecule has 0 aliphatic heterocycles. The molecule has 0 saturated carbocycles. The summed E-state index contributed by atoms with van der Waals surface area (Å²) in [4.78, 5) is 12.6. The quantitative estimate of drug-likeness (QED) is 0.420. The van der Waals surface area contributed by atoms with E-state index in [1.807, 2.05) is 48.1 Å². The Morgan fingerprint density at radius 3 is 2.37 bits per heavy atom. The smallest absolute Gasteiger partial charge is 0.355 e. The topological polar surface area (TPSA) is 70.4 Å². The van der Waals surface area contributed by atoms with Crippen LogP contribution in [0, 0.1) is 0 Å². The van der Waals surface area contributed by atoms with Crippen LogP contribution in [0.1, 0.15) is 10.4 Å². The van der Waals surface area contributed by atoms with Crippen molar-refractivity contribution in [3.05, 3.63) is 60.3 Å². The van der Waals surface area contributed by atoms with Gasteiger partial charge in [0.15, 0.2) is 5.78 Å². The van der Waals surface area contributed by atoms with Crippen LogP contribution in [-0.2, 0) is 13.6 Å². The lowest BCUT2D eigenvalue weighted by Crippen LogP contribution is -3.00. The molecule has 27 heavy (non-hydrogen) atoms. The molecule has 0 atom stereocenters. The van der Waals surface area contributed by atoms with Crippen LogP contribution in [0.15, 0.2) is 54.7 Å². The number of nitrogens with zero attached hydrogens (tertiary/aromatic N) is 2. The third-order valence-electron chi connectivity index (χ3n) is 4.35. The molecule has 1 heterocycles. The Kier molecular flexibility index (Phi) is 6.63. The second kappa shape index (κ2) is 8.73. The Bertz CT molecular complexity index is 953. The Labute approximate surface area is 168 Å². The van der Waals surface area contributed by atoms with Crippen LogP contribution in [0.2, 0.25) is 0 Å². The van der Waals surface area contributed by atoms with Gasteiger partial charge in [-0.25, -0.2) is 9.13 Å². The van der Waals surface area contributed by atoms with Crippen LogP contribution in [0.4, 0.5) is 5.95 Å². The van der Waals surface area contributed by atoms with Gasteiger partial charge >= 0.3 is 5.95 Å². The fourth-order valence-electron chi connectivity index (χ4n) is 2.84. The molecule has 0 bridgehead atoms. The van der Waals surface area contributed by atoms with Crippen molar-refractivity contribution in [1.29, 1.82) is 0 Å². The Balaban J connectivity index is 0.00000261. The second-order valence-corrected chi connectivity index (χ2v) is 5.95. The Morgan fingerprint density at radius 1 is 1.07 bits per heavy atom. The maximum Gasteiger partial charge on any atom is 0.355 e. The summed E-state index contributed by atoms with van der Waals surface area (Å²) in [6.45, 7) is 0.150. The number of ketones is 1. The van der Waals surface area contributed by atoms with Crippen molar-refractivity contribution >= 4 is 11.7 Å². The summed E-state index contributed by atoms with van der Waals surface area (Å²) in [6.07, 6.45) is 1.88. The number of anilines is 1. The second-order valence-electron chi connectivity index (χ2n) is 5.95. The number of nitrogens with two attached hydrogens (primary N) is 1. The zero-order valence-corrected chi connectivity index (χ0v) is 17.1. The van der Waals surface area contributed by atoms with E-state index < -0.39 is 0 Å². The summed E-state index contributed by atoms with van der Waals surface area (Å²) in [7, 11) is 5.08. The molecule has 142 valence electrons. The van der Waals surface area contributed by atoms with Crippen LogP contribution < -0.4 is 36.8 Å². The first-order chi connectivity index (χ1) is 12.5. The highest BCUT2D eigenvalue weighted by Crippen LogP contribution is 2.24. The van der Waals surface area contributed by atoms with Gasteiger partial charge in [0.05, 0.1) is 21.3 Å². The molecule has 0 fully saturated rings. The number of hydrogen-bond donors (Lipinski definition) is 1. The number of ether oxygens (including phenoxy) is 2. The van der Waals surface area contributed by atoms with Crippen molar-refractivity contribution in [2.24, 2.45) is 7.05 Å². The standard InChI is InChI=1S/C20H21N3O3.BrH/c1-22-18(14-6-4-8-16(10-14)25-2)12-23(20(22)21)13-19(24)15-7-5-9-17(11-15)26-3;/h4-12,21H,13H2,1-3H3;1H. The van der Waals surface area contributed by atoms with Gasteiger partial charge in [-0.05, 0) is 24.3 Å². The summed E-state index contributed by atoms with van der Waals surface area (Å²) in [5.41, 5.74) is 8.66. The van der Waals surface area contributed by atoms with Crippen molar-refractivity contribution in [1.82, 2.24) is 4.57 Å². The van der Waals surface area contributed by atoms with Gasteiger partial charge in [0.2, 0.25) is 0 Å². The number of imidazole rings is 1. The summed E-state index contributed by atoms with van der Waals surface area (Å²) in [6, 6.07) is 14.8. The molecular weight excluding hydrogens is 410 g/mol. The number of Topliss-reactive ketones (excluding diaryl/α,β-unsaturated/α-hetero) is 1. The summed E-state index contributed by atoms with van der Waals surface area (Å²) in [5, 5.41) is 0. The number of carbonyl (C=O) groups excluding carboxylic acids is 1. The van der Waals surface area contributed by atoms with E-state index in [4.69, 9.17) is 15.2 Å². The van der Waals surface area contributed by atoms with E-state index in [1.54, 1.807) is 37.0 Å². The highest BCUT2D eigenvalue weighted by molar-refractivity contribution is 5.95. The molecule has 7 heteroatoms. The predicted octanol–water partition coefficient (Wildman–Crippen LogP) is -0.534. The van der Waals surface area contributed by atoms with Crippen LogP contribution in [-0.4, -0.2) is 24.6 Å². The molecule has 0 radical (unpaired) electrons. The maximum absolute atomic E-state index is 12.6. The lowest BCUT2D eigenvalue weighted by atomic mass is 10.1. The molecule has 2 N–H and O–H groups in total. The third kappa shape index (κ3) is 4.31. The Morgan fingerprint density at radius 2 is 1.70 bits per heavy atom. The third-order valence-corrected chi connectivity index (χ3v) is 4.35. The number of rotatable bonds is 6. The highest BCUT2D eigenvalue weighted by Gasteiger charge is 2.20. The largest absolute Gasteiger partial charge is 1.00 e. The number of nitrogen functional groups attached to an aromatic ring is 1. The van der Waals surface area contributed by atoms with Gasteiger partial charge in [0.25, 0.3) is 0 Å². The zero-order valence-electron chi connectivity index (χ0n) is 15.5. The number of hydrogen-bond acceptors (Lipinski definition) is 4. The van der Waals surface area contributed by atoms with Crippen molar-refractivity contribution in [2.45, 2.75) is 6.54 Å². The highest BCUT2D eigenvalue weighted by atomic mass is 79.9. The molecular formula is C20H22BrN3O3. The summed E-state index contributed by atoms with van der Waals surface area (Å²) < 4.78 is 14.1. The normalized spacial score (nSPS) is 10.2. The fraction of sp³-hybridized carbons (Fsp3) is 0.200. The average molecular weight is 432 g/mol. The predicted molar refractivity (Wildman–Crippen MR) is 99.3 cm³/mol. The molecule has 0 unspecified atom stereocenters. The minimum atomic E-state index is -0.0385. The van der Waals surface area contributed by atoms with E-state index in [0.717, 1.165) is 17.0 Å². The van der Waals surface area contributed by atoms with E-state index in [1.165, 1.54) is 0 Å². The molecule has 0 aliphatic carbocycles. The number of halogens is 1. The van der Waals surface area contributed by atoms with Crippen molar-refractivity contribution in [3.63, 3.8) is 0 Å². The van der Waals surface area contributed by atoms with Crippen LogP contribution in [0.3, 0.4) is 0 Å². The monoisotopic (exact) mass is 431 g/mol. The van der Waals surface area contributed by atoms with Crippen molar-refractivity contribution in [3.8, 4) is 22.8 Å². The van der Waals surface area contributed by atoms with Gasteiger partial charge in [-0.15, -0.1) is 0 Å². The van der Waals surface area contributed by atoms with E-state index in [0.29, 0.717) is 17.3 Å². The van der Waals surface area contributed by atoms with Gasteiger partial charge in [-0.3, -0.25) is 10.5 Å². The molecule has 3 rings (SSSR count). The molecule has 6 nitrogen and oxygen atoms in total. The first-order valence-corrected chi connectivity index (χ1v) is 8.19. The van der Waals surface area contributed by atoms with Gasteiger partial charge < -0.3 is 26.5 Å². The molecule has 0 saturated heterocycles. The van der Waals surface area contributed by atoms with Crippen molar-refractivity contribution in [2.75, 3.05) is 20.0 Å². The van der Waals surface area contributed by atoms with Crippen LogP contribution in [0.5, 0.6) is 11.5 Å². The minimum absolute atomic E-state index is 0. The van der Waals surface area contributed by atoms with E-state index in [9.17, 15) is 4.79 Å². The maximum atomic E-state index is 12.6. The lowest BCUT2D eigenvalue weighted by Gasteiger charge is -2.03. The zero-order chi connectivity index (χ0) is 18.7. The molecule has 0 amide bonds. The van der Waals surface area contributed by atoms with E-state index >= 15 is 0 Å². The van der Waals surface area contributed by atoms with E-state index in [-0.39, 0.29) is 29.3 Å². The number of aromatic nitrogens is 2. The van der Waals surface area contributed by atoms with Crippen molar-refractivity contribution < 1.29 is 35.8 Å². The number of benzene rings is 2. The average Bonchev–Trinajstić information content (AvgIpc) is 2.96.